The third-order valence-electron chi connectivity index (χ3n) is 4.39. The number of carbonyl (C=O) groups excluding carboxylic acids is 1. The Morgan fingerprint density at radius 1 is 1.26 bits per heavy atom. The molecule has 1 heterocycles. The van der Waals surface area contributed by atoms with Gasteiger partial charge < -0.3 is 10.6 Å². The molecule has 142 valence electrons. The summed E-state index contributed by atoms with van der Waals surface area (Å²) in [7, 11) is 0. The lowest BCUT2D eigenvalue weighted by atomic mass is 9.97. The van der Waals surface area contributed by atoms with Crippen LogP contribution < -0.4 is 10.6 Å². The molecule has 2 N–H and O–H groups in total. The smallest absolute Gasteiger partial charge is 0.274 e. The number of aryl methyl sites for hydroxylation is 1. The van der Waals surface area contributed by atoms with E-state index in [1.54, 1.807) is 13.0 Å². The second kappa shape index (κ2) is 8.95. The van der Waals surface area contributed by atoms with E-state index in [2.05, 4.69) is 26.7 Å². The fourth-order valence-electron chi connectivity index (χ4n) is 3.03. The highest BCUT2D eigenvalue weighted by Crippen LogP contribution is 2.21. The van der Waals surface area contributed by atoms with Crippen molar-refractivity contribution in [3.8, 4) is 0 Å². The van der Waals surface area contributed by atoms with Crippen molar-refractivity contribution in [2.24, 2.45) is 0 Å². The topological polar surface area (TPSA) is 66.9 Å². The zero-order valence-corrected chi connectivity index (χ0v) is 15.9. The van der Waals surface area contributed by atoms with Gasteiger partial charge in [-0.3, -0.25) is 4.79 Å². The van der Waals surface area contributed by atoms with Gasteiger partial charge in [-0.1, -0.05) is 23.3 Å². The first kappa shape index (κ1) is 19.3. The molecule has 1 aliphatic carbocycles. The Bertz CT molecular complexity index is 869. The molecule has 0 saturated carbocycles. The molecule has 0 spiro atoms. The minimum absolute atomic E-state index is 0.0500. The van der Waals surface area contributed by atoms with E-state index in [1.807, 2.05) is 0 Å². The number of anilines is 2. The van der Waals surface area contributed by atoms with Crippen molar-refractivity contribution in [1.82, 2.24) is 9.97 Å². The third-order valence-corrected chi connectivity index (χ3v) is 4.67. The summed E-state index contributed by atoms with van der Waals surface area (Å²) < 4.78 is 13.2. The lowest BCUT2D eigenvalue weighted by Gasteiger charge is -2.13. The van der Waals surface area contributed by atoms with E-state index in [-0.39, 0.29) is 10.7 Å². The molecule has 0 atom stereocenters. The maximum Gasteiger partial charge on any atom is 0.274 e. The van der Waals surface area contributed by atoms with E-state index in [0.717, 1.165) is 13.0 Å². The number of halogens is 2. The van der Waals surface area contributed by atoms with Crippen LogP contribution in [0.4, 0.5) is 15.9 Å². The number of nitrogens with one attached hydrogen (secondary N) is 2. The van der Waals surface area contributed by atoms with Crippen molar-refractivity contribution in [3.05, 3.63) is 58.3 Å². The molecule has 0 radical (unpaired) electrons. The zero-order chi connectivity index (χ0) is 19.2. The van der Waals surface area contributed by atoms with Crippen molar-refractivity contribution in [2.45, 2.75) is 39.0 Å². The summed E-state index contributed by atoms with van der Waals surface area (Å²) in [6.45, 7) is 2.50. The minimum Gasteiger partial charge on any atom is -0.370 e. The largest absolute Gasteiger partial charge is 0.370 e. The number of carbonyl (C=O) groups is 1. The molecule has 27 heavy (non-hydrogen) atoms. The molecule has 7 heteroatoms. The number of amides is 1. The SMILES string of the molecule is Cc1nc(NCCC2=CCCCC2)cc(C(=O)Nc2ccc(F)c(Cl)c2)n1. The van der Waals surface area contributed by atoms with Crippen molar-refractivity contribution in [2.75, 3.05) is 17.2 Å². The fraction of sp³-hybridized carbons (Fsp3) is 0.350. The van der Waals surface area contributed by atoms with Crippen LogP contribution in [0.5, 0.6) is 0 Å². The first-order valence-electron chi connectivity index (χ1n) is 9.05. The van der Waals surface area contributed by atoms with E-state index in [0.29, 0.717) is 17.3 Å². The Balaban J connectivity index is 1.63. The highest BCUT2D eigenvalue weighted by atomic mass is 35.5. The lowest BCUT2D eigenvalue weighted by Crippen LogP contribution is -2.16. The molecule has 2 aromatic rings. The van der Waals surface area contributed by atoms with Gasteiger partial charge in [0, 0.05) is 18.3 Å². The van der Waals surface area contributed by atoms with Crippen molar-refractivity contribution in [1.29, 1.82) is 0 Å². The average molecular weight is 389 g/mol. The molecular weight excluding hydrogens is 367 g/mol. The summed E-state index contributed by atoms with van der Waals surface area (Å²) in [5, 5.41) is 5.89. The van der Waals surface area contributed by atoms with Crippen molar-refractivity contribution < 1.29 is 9.18 Å². The molecule has 5 nitrogen and oxygen atoms in total. The van der Waals surface area contributed by atoms with Crippen molar-refractivity contribution in [3.63, 3.8) is 0 Å². The Labute approximate surface area is 163 Å². The molecule has 3 rings (SSSR count). The second-order valence-electron chi connectivity index (χ2n) is 6.55. The molecule has 0 aliphatic heterocycles. The summed E-state index contributed by atoms with van der Waals surface area (Å²) in [5.74, 6) is 0.175. The minimum atomic E-state index is -0.535. The number of hydrogen-bond donors (Lipinski definition) is 2. The lowest BCUT2D eigenvalue weighted by molar-refractivity contribution is 0.102. The Kier molecular flexibility index (Phi) is 6.40. The van der Waals surface area contributed by atoms with Crippen LogP contribution >= 0.6 is 11.6 Å². The fourth-order valence-corrected chi connectivity index (χ4v) is 3.21. The van der Waals surface area contributed by atoms with Crippen LogP contribution in [0.2, 0.25) is 5.02 Å². The standard InChI is InChI=1S/C20H22ClFN4O/c1-13-24-18(20(27)26-15-7-8-17(22)16(21)11-15)12-19(25-13)23-10-9-14-5-3-2-4-6-14/h5,7-8,11-12H,2-4,6,9-10H2,1H3,(H,26,27)(H,23,24,25). The van der Waals surface area contributed by atoms with E-state index < -0.39 is 11.7 Å². The molecule has 1 aliphatic rings. The van der Waals surface area contributed by atoms with Crippen LogP contribution in [-0.4, -0.2) is 22.4 Å². The van der Waals surface area contributed by atoms with E-state index in [1.165, 1.54) is 49.5 Å². The monoisotopic (exact) mass is 388 g/mol. The maximum atomic E-state index is 13.2. The van der Waals surface area contributed by atoms with Gasteiger partial charge in [-0.15, -0.1) is 0 Å². The van der Waals surface area contributed by atoms with Crippen LogP contribution in [0.1, 0.15) is 48.4 Å². The maximum absolute atomic E-state index is 13.2. The summed E-state index contributed by atoms with van der Waals surface area (Å²) in [6.07, 6.45) is 8.16. The number of nitrogens with zero attached hydrogens (tertiary/aromatic N) is 2. The number of rotatable bonds is 6. The zero-order valence-electron chi connectivity index (χ0n) is 15.2. The molecule has 1 aromatic carbocycles. The van der Waals surface area contributed by atoms with Crippen LogP contribution in [0.15, 0.2) is 35.9 Å². The number of benzene rings is 1. The van der Waals surface area contributed by atoms with Crippen molar-refractivity contribution >= 4 is 29.0 Å². The summed E-state index contributed by atoms with van der Waals surface area (Å²) in [5.41, 5.74) is 2.12. The third kappa shape index (κ3) is 5.50. The number of aromatic nitrogens is 2. The molecule has 0 unspecified atom stereocenters. The van der Waals surface area contributed by atoms with Gasteiger partial charge in [0.25, 0.3) is 5.91 Å². The summed E-state index contributed by atoms with van der Waals surface area (Å²) >= 11 is 5.75. The van der Waals surface area contributed by atoms with Gasteiger partial charge in [0.1, 0.15) is 23.2 Å². The molecule has 1 aromatic heterocycles. The van der Waals surface area contributed by atoms with Gasteiger partial charge in [0.05, 0.1) is 5.02 Å². The quantitative estimate of drug-likeness (QED) is 0.673. The van der Waals surface area contributed by atoms with Gasteiger partial charge in [0.2, 0.25) is 0 Å². The van der Waals surface area contributed by atoms with Crippen LogP contribution in [0.25, 0.3) is 0 Å². The molecule has 0 fully saturated rings. The predicted octanol–water partition coefficient (Wildman–Crippen LogP) is 5.13. The molecular formula is C20H22ClFN4O. The number of allylic oxidation sites excluding steroid dienone is 1. The number of hydrogen-bond acceptors (Lipinski definition) is 4. The van der Waals surface area contributed by atoms with Gasteiger partial charge in [0.15, 0.2) is 0 Å². The highest BCUT2D eigenvalue weighted by molar-refractivity contribution is 6.31. The Morgan fingerprint density at radius 2 is 2.11 bits per heavy atom. The van der Waals surface area contributed by atoms with Gasteiger partial charge in [-0.05, 0) is 57.2 Å². The van der Waals surface area contributed by atoms with Gasteiger partial charge in [-0.25, -0.2) is 14.4 Å². The summed E-state index contributed by atoms with van der Waals surface area (Å²) in [4.78, 5) is 21.0. The molecule has 0 saturated heterocycles. The average Bonchev–Trinajstić information content (AvgIpc) is 2.65. The van der Waals surface area contributed by atoms with Gasteiger partial charge in [-0.2, -0.15) is 0 Å². The highest BCUT2D eigenvalue weighted by Gasteiger charge is 2.12. The van der Waals surface area contributed by atoms with E-state index in [4.69, 9.17) is 11.6 Å². The second-order valence-corrected chi connectivity index (χ2v) is 6.96. The first-order valence-corrected chi connectivity index (χ1v) is 9.43. The van der Waals surface area contributed by atoms with Crippen LogP contribution in [0.3, 0.4) is 0 Å². The Hall–Kier alpha value is -2.47. The van der Waals surface area contributed by atoms with E-state index in [9.17, 15) is 9.18 Å². The van der Waals surface area contributed by atoms with Crippen LogP contribution in [0, 0.1) is 12.7 Å². The summed E-state index contributed by atoms with van der Waals surface area (Å²) in [6, 6.07) is 5.63. The Morgan fingerprint density at radius 3 is 2.85 bits per heavy atom. The normalized spacial score (nSPS) is 13.8. The molecule has 0 bridgehead atoms. The predicted molar refractivity (Wildman–Crippen MR) is 106 cm³/mol. The van der Waals surface area contributed by atoms with Crippen LogP contribution in [-0.2, 0) is 0 Å². The van der Waals surface area contributed by atoms with E-state index >= 15 is 0 Å². The molecule has 1 amide bonds. The first-order chi connectivity index (χ1) is 13.0. The van der Waals surface area contributed by atoms with Gasteiger partial charge >= 0.3 is 0 Å².